The maximum absolute atomic E-state index is 5.38. The van der Waals surface area contributed by atoms with Crippen LogP contribution in [-0.2, 0) is 11.3 Å². The summed E-state index contributed by atoms with van der Waals surface area (Å²) in [5, 5.41) is 3.46. The first kappa shape index (κ1) is 16.4. The predicted molar refractivity (Wildman–Crippen MR) is 84.2 cm³/mol. The van der Waals surface area contributed by atoms with Gasteiger partial charge in [-0.3, -0.25) is 0 Å². The first-order valence-corrected chi connectivity index (χ1v) is 8.11. The number of nitrogens with zero attached hydrogens (tertiary/aromatic N) is 2. The van der Waals surface area contributed by atoms with Gasteiger partial charge in [0.1, 0.15) is 0 Å². The van der Waals surface area contributed by atoms with Crippen molar-refractivity contribution < 1.29 is 4.74 Å². The molecule has 0 aliphatic heterocycles. The van der Waals surface area contributed by atoms with Crippen molar-refractivity contribution in [2.24, 2.45) is 0 Å². The zero-order chi connectivity index (χ0) is 14.3. The summed E-state index contributed by atoms with van der Waals surface area (Å²) >= 11 is 1.86. The summed E-state index contributed by atoms with van der Waals surface area (Å²) in [4.78, 5) is 4.55. The van der Waals surface area contributed by atoms with E-state index in [0.29, 0.717) is 0 Å². The van der Waals surface area contributed by atoms with Crippen LogP contribution in [-0.4, -0.2) is 40.3 Å². The molecule has 0 bridgehead atoms. The Morgan fingerprint density at radius 3 is 2.84 bits per heavy atom. The molecule has 110 valence electrons. The molecule has 1 aromatic rings. The number of imidazole rings is 1. The molecule has 1 rings (SSSR count). The van der Waals surface area contributed by atoms with Gasteiger partial charge in [0.25, 0.3) is 0 Å². The van der Waals surface area contributed by atoms with Crippen molar-refractivity contribution in [3.63, 3.8) is 0 Å². The van der Waals surface area contributed by atoms with E-state index in [1.165, 1.54) is 0 Å². The normalized spacial score (nSPS) is 11.8. The van der Waals surface area contributed by atoms with Crippen LogP contribution in [0.4, 0.5) is 5.95 Å². The summed E-state index contributed by atoms with van der Waals surface area (Å²) in [7, 11) is 0. The second-order valence-corrected chi connectivity index (χ2v) is 6.78. The van der Waals surface area contributed by atoms with E-state index in [2.05, 4.69) is 41.2 Å². The third-order valence-electron chi connectivity index (χ3n) is 3.01. The smallest absolute Gasteiger partial charge is 0.203 e. The molecular formula is C14H27N3OS. The lowest BCUT2D eigenvalue weighted by Gasteiger charge is -2.22. The first-order valence-electron chi connectivity index (χ1n) is 6.89. The molecule has 0 aliphatic carbocycles. The Labute approximate surface area is 121 Å². The van der Waals surface area contributed by atoms with Crippen LogP contribution in [0.1, 0.15) is 32.9 Å². The van der Waals surface area contributed by atoms with Gasteiger partial charge >= 0.3 is 0 Å². The van der Waals surface area contributed by atoms with E-state index < -0.39 is 0 Å². The van der Waals surface area contributed by atoms with Gasteiger partial charge in [0.15, 0.2) is 0 Å². The van der Waals surface area contributed by atoms with Gasteiger partial charge in [0.05, 0.1) is 5.69 Å². The van der Waals surface area contributed by atoms with Gasteiger partial charge in [-0.25, -0.2) is 4.98 Å². The highest BCUT2D eigenvalue weighted by Gasteiger charge is 2.16. The molecule has 0 saturated heterocycles. The summed E-state index contributed by atoms with van der Waals surface area (Å²) in [6.45, 7) is 12.0. The fourth-order valence-corrected chi connectivity index (χ4v) is 1.92. The summed E-state index contributed by atoms with van der Waals surface area (Å²) in [6, 6.07) is 0. The molecule has 0 aromatic carbocycles. The molecular weight excluding hydrogens is 258 g/mol. The number of anilines is 1. The van der Waals surface area contributed by atoms with Gasteiger partial charge in [-0.1, -0.05) is 0 Å². The minimum atomic E-state index is 0.218. The molecule has 0 aliphatic rings. The molecule has 0 saturated carbocycles. The summed E-state index contributed by atoms with van der Waals surface area (Å²) in [6.07, 6.45) is 5.26. The van der Waals surface area contributed by atoms with Gasteiger partial charge in [-0.2, -0.15) is 11.8 Å². The van der Waals surface area contributed by atoms with Crippen LogP contribution >= 0.6 is 11.8 Å². The largest absolute Gasteiger partial charge is 0.382 e. The number of hydrogen-bond acceptors (Lipinski definition) is 4. The molecule has 19 heavy (non-hydrogen) atoms. The van der Waals surface area contributed by atoms with Crippen LogP contribution in [0.25, 0.3) is 0 Å². The number of ether oxygens (including phenoxy) is 1. The number of aromatic nitrogens is 2. The monoisotopic (exact) mass is 285 g/mol. The Bertz CT molecular complexity index is 377. The standard InChI is InChI=1S/C14H27N3OS/c1-6-18-9-7-8-17-10-12(2)16-13(17)15-11-14(3,4)19-5/h10H,6-9,11H2,1-5H3,(H,15,16). The number of rotatable bonds is 9. The maximum Gasteiger partial charge on any atom is 0.203 e. The van der Waals surface area contributed by atoms with Crippen molar-refractivity contribution in [1.82, 2.24) is 9.55 Å². The summed E-state index contributed by atoms with van der Waals surface area (Å²) in [5.41, 5.74) is 1.06. The fraction of sp³-hybridized carbons (Fsp3) is 0.786. The molecule has 4 nitrogen and oxygen atoms in total. The quantitative estimate of drug-likeness (QED) is 0.707. The van der Waals surface area contributed by atoms with Gasteiger partial charge < -0.3 is 14.6 Å². The molecule has 1 aromatic heterocycles. The van der Waals surface area contributed by atoms with Crippen molar-refractivity contribution in [3.05, 3.63) is 11.9 Å². The Morgan fingerprint density at radius 2 is 2.21 bits per heavy atom. The Kier molecular flexibility index (Phi) is 6.72. The minimum Gasteiger partial charge on any atom is -0.382 e. The second kappa shape index (κ2) is 7.80. The van der Waals surface area contributed by atoms with Crippen molar-refractivity contribution in [1.29, 1.82) is 0 Å². The SMILES string of the molecule is CCOCCCn1cc(C)nc1NCC(C)(C)SC. The van der Waals surface area contributed by atoms with Crippen LogP contribution in [0, 0.1) is 6.92 Å². The molecule has 1 N–H and O–H groups in total. The molecule has 0 atom stereocenters. The van der Waals surface area contributed by atoms with E-state index in [1.807, 2.05) is 25.6 Å². The van der Waals surface area contributed by atoms with Crippen molar-refractivity contribution in [3.8, 4) is 0 Å². The zero-order valence-electron chi connectivity index (χ0n) is 12.8. The Morgan fingerprint density at radius 1 is 1.47 bits per heavy atom. The zero-order valence-corrected chi connectivity index (χ0v) is 13.6. The molecule has 5 heteroatoms. The van der Waals surface area contributed by atoms with Gasteiger partial charge in [0, 0.05) is 37.2 Å². The predicted octanol–water partition coefficient (Wildman–Crippen LogP) is 3.17. The highest BCUT2D eigenvalue weighted by molar-refractivity contribution is 7.99. The number of thioether (sulfide) groups is 1. The average molecular weight is 285 g/mol. The first-order chi connectivity index (χ1) is 8.98. The van der Waals surface area contributed by atoms with Crippen LogP contribution in [0.2, 0.25) is 0 Å². The Hall–Kier alpha value is -0.680. The third kappa shape index (κ3) is 5.87. The lowest BCUT2D eigenvalue weighted by molar-refractivity contribution is 0.142. The fourth-order valence-electron chi connectivity index (χ4n) is 1.70. The lowest BCUT2D eigenvalue weighted by Crippen LogP contribution is -2.27. The Balaban J connectivity index is 2.52. The lowest BCUT2D eigenvalue weighted by atomic mass is 10.2. The molecule has 0 radical (unpaired) electrons. The summed E-state index contributed by atoms with van der Waals surface area (Å²) in [5.74, 6) is 0.969. The average Bonchev–Trinajstić information content (AvgIpc) is 2.73. The van der Waals surface area contributed by atoms with Crippen LogP contribution < -0.4 is 5.32 Å². The summed E-state index contributed by atoms with van der Waals surface area (Å²) < 4.78 is 7.78. The topological polar surface area (TPSA) is 39.1 Å². The molecule has 0 spiro atoms. The molecule has 0 fully saturated rings. The van der Waals surface area contributed by atoms with Gasteiger partial charge in [-0.05, 0) is 40.4 Å². The molecule has 1 heterocycles. The van der Waals surface area contributed by atoms with E-state index in [0.717, 1.165) is 44.4 Å². The maximum atomic E-state index is 5.38. The van der Waals surface area contributed by atoms with E-state index in [-0.39, 0.29) is 4.75 Å². The second-order valence-electron chi connectivity index (χ2n) is 5.27. The van der Waals surface area contributed by atoms with Crippen LogP contribution in [0.15, 0.2) is 6.20 Å². The van der Waals surface area contributed by atoms with Crippen LogP contribution in [0.3, 0.4) is 0 Å². The molecule has 0 amide bonds. The number of hydrogen-bond donors (Lipinski definition) is 1. The minimum absolute atomic E-state index is 0.218. The van der Waals surface area contributed by atoms with E-state index in [4.69, 9.17) is 4.74 Å². The third-order valence-corrected chi connectivity index (χ3v) is 4.26. The number of nitrogens with one attached hydrogen (secondary N) is 1. The van der Waals surface area contributed by atoms with Crippen LogP contribution in [0.5, 0.6) is 0 Å². The number of aryl methyl sites for hydroxylation is 2. The highest BCUT2D eigenvalue weighted by atomic mass is 32.2. The van der Waals surface area contributed by atoms with Crippen molar-refractivity contribution in [2.75, 3.05) is 31.3 Å². The highest BCUT2D eigenvalue weighted by Crippen LogP contribution is 2.21. The van der Waals surface area contributed by atoms with Gasteiger partial charge in [0.2, 0.25) is 5.95 Å². The van der Waals surface area contributed by atoms with Crippen molar-refractivity contribution in [2.45, 2.75) is 45.4 Å². The van der Waals surface area contributed by atoms with E-state index >= 15 is 0 Å². The van der Waals surface area contributed by atoms with E-state index in [9.17, 15) is 0 Å². The van der Waals surface area contributed by atoms with Crippen molar-refractivity contribution >= 4 is 17.7 Å². The van der Waals surface area contributed by atoms with E-state index in [1.54, 1.807) is 0 Å². The van der Waals surface area contributed by atoms with Gasteiger partial charge in [-0.15, -0.1) is 0 Å². The molecule has 0 unspecified atom stereocenters.